The Hall–Kier alpha value is -2.24. The minimum absolute atomic E-state index is 0.297. The average molecular weight is 380 g/mol. The van der Waals surface area contributed by atoms with Crippen LogP contribution in [0, 0.1) is 5.92 Å². The van der Waals surface area contributed by atoms with E-state index in [2.05, 4.69) is 5.32 Å². The second-order valence-corrected chi connectivity index (χ2v) is 7.16. The van der Waals surface area contributed by atoms with E-state index < -0.39 is 16.2 Å². The van der Waals surface area contributed by atoms with E-state index in [1.165, 1.54) is 7.11 Å². The standard InChI is InChI=1S/C18H15Cl2NO4/c1-24-15-5-3-2-4-13(15)16(22)21-11-6-8-12(9-7-11)25-17(23)14-10-18(14,19)20/h2-9,14H,10H2,1H3,(H,21,22). The number of amides is 1. The summed E-state index contributed by atoms with van der Waals surface area (Å²) < 4.78 is 9.37. The second-order valence-electron chi connectivity index (χ2n) is 5.62. The van der Waals surface area contributed by atoms with Gasteiger partial charge in [-0.3, -0.25) is 9.59 Å². The predicted molar refractivity (Wildman–Crippen MR) is 95.6 cm³/mol. The van der Waals surface area contributed by atoms with Gasteiger partial charge in [-0.15, -0.1) is 23.2 Å². The van der Waals surface area contributed by atoms with Gasteiger partial charge in [0.15, 0.2) is 0 Å². The van der Waals surface area contributed by atoms with Crippen molar-refractivity contribution >= 4 is 40.8 Å². The first-order valence-electron chi connectivity index (χ1n) is 7.54. The van der Waals surface area contributed by atoms with Crippen molar-refractivity contribution in [3.63, 3.8) is 0 Å². The quantitative estimate of drug-likeness (QED) is 0.483. The number of alkyl halides is 2. The summed E-state index contributed by atoms with van der Waals surface area (Å²) in [7, 11) is 1.51. The summed E-state index contributed by atoms with van der Waals surface area (Å²) in [5.74, 6) is -0.414. The van der Waals surface area contributed by atoms with Gasteiger partial charge >= 0.3 is 5.97 Å². The van der Waals surface area contributed by atoms with Crippen LogP contribution in [0.5, 0.6) is 11.5 Å². The number of rotatable bonds is 5. The molecule has 7 heteroatoms. The third-order valence-electron chi connectivity index (χ3n) is 3.79. The highest BCUT2D eigenvalue weighted by atomic mass is 35.5. The number of halogens is 2. The number of anilines is 1. The molecule has 0 spiro atoms. The molecule has 1 saturated carbocycles. The van der Waals surface area contributed by atoms with Gasteiger partial charge in [0.2, 0.25) is 0 Å². The Morgan fingerprint density at radius 2 is 1.76 bits per heavy atom. The SMILES string of the molecule is COc1ccccc1C(=O)Nc1ccc(OC(=O)C2CC2(Cl)Cl)cc1. The summed E-state index contributed by atoms with van der Waals surface area (Å²) in [5.41, 5.74) is 0.987. The van der Waals surface area contributed by atoms with Crippen LogP contribution < -0.4 is 14.8 Å². The molecule has 5 nitrogen and oxygen atoms in total. The van der Waals surface area contributed by atoms with Gasteiger partial charge in [0.1, 0.15) is 15.8 Å². The number of benzene rings is 2. The number of ether oxygens (including phenoxy) is 2. The lowest BCUT2D eigenvalue weighted by molar-refractivity contribution is -0.135. The van der Waals surface area contributed by atoms with Crippen LogP contribution in [-0.2, 0) is 4.79 Å². The maximum Gasteiger partial charge on any atom is 0.317 e. The van der Waals surface area contributed by atoms with E-state index in [0.29, 0.717) is 29.2 Å². The second kappa shape index (κ2) is 6.94. The molecule has 1 atom stereocenters. The molecule has 1 unspecified atom stereocenters. The van der Waals surface area contributed by atoms with Gasteiger partial charge in [0.05, 0.1) is 18.6 Å². The first-order chi connectivity index (χ1) is 11.9. The number of esters is 1. The third-order valence-corrected chi connectivity index (χ3v) is 4.63. The van der Waals surface area contributed by atoms with Gasteiger partial charge in [-0.1, -0.05) is 12.1 Å². The maximum absolute atomic E-state index is 12.3. The van der Waals surface area contributed by atoms with Crippen molar-refractivity contribution in [1.82, 2.24) is 0 Å². The van der Waals surface area contributed by atoms with Gasteiger partial charge in [0, 0.05) is 5.69 Å². The van der Waals surface area contributed by atoms with Gasteiger partial charge in [-0.2, -0.15) is 0 Å². The zero-order valence-electron chi connectivity index (χ0n) is 13.3. The Morgan fingerprint density at radius 1 is 1.12 bits per heavy atom. The molecule has 0 bridgehead atoms. The van der Waals surface area contributed by atoms with E-state index >= 15 is 0 Å². The van der Waals surface area contributed by atoms with Crippen LogP contribution in [0.4, 0.5) is 5.69 Å². The van der Waals surface area contributed by atoms with Crippen molar-refractivity contribution in [2.45, 2.75) is 10.8 Å². The largest absolute Gasteiger partial charge is 0.496 e. The zero-order valence-corrected chi connectivity index (χ0v) is 14.8. The first-order valence-corrected chi connectivity index (χ1v) is 8.30. The summed E-state index contributed by atoms with van der Waals surface area (Å²) in [6.07, 6.45) is 0.391. The highest BCUT2D eigenvalue weighted by Gasteiger charge is 2.57. The Morgan fingerprint density at radius 3 is 2.36 bits per heavy atom. The monoisotopic (exact) mass is 379 g/mol. The molecule has 25 heavy (non-hydrogen) atoms. The van der Waals surface area contributed by atoms with Crippen LogP contribution >= 0.6 is 23.2 Å². The van der Waals surface area contributed by atoms with Crippen LogP contribution in [0.15, 0.2) is 48.5 Å². The molecule has 1 fully saturated rings. The van der Waals surface area contributed by atoms with Crippen LogP contribution in [0.1, 0.15) is 16.8 Å². The van der Waals surface area contributed by atoms with E-state index in [9.17, 15) is 9.59 Å². The Balaban J connectivity index is 1.63. The number of carbonyl (C=O) groups excluding carboxylic acids is 2. The molecule has 0 heterocycles. The number of hydrogen-bond donors (Lipinski definition) is 1. The predicted octanol–water partition coefficient (Wildman–Crippen LogP) is 4.05. The van der Waals surface area contributed by atoms with Gasteiger partial charge in [-0.05, 0) is 42.8 Å². The van der Waals surface area contributed by atoms with E-state index in [4.69, 9.17) is 32.7 Å². The molecule has 1 aliphatic rings. The molecule has 3 rings (SSSR count). The smallest absolute Gasteiger partial charge is 0.317 e. The van der Waals surface area contributed by atoms with Crippen LogP contribution in [0.2, 0.25) is 0 Å². The van der Waals surface area contributed by atoms with E-state index in [0.717, 1.165) is 0 Å². The molecule has 130 valence electrons. The van der Waals surface area contributed by atoms with Crippen molar-refractivity contribution in [2.75, 3.05) is 12.4 Å². The summed E-state index contributed by atoms with van der Waals surface area (Å²) in [6, 6.07) is 13.4. The average Bonchev–Trinajstić information content (AvgIpc) is 3.25. The molecule has 2 aromatic rings. The van der Waals surface area contributed by atoms with Crippen molar-refractivity contribution in [3.05, 3.63) is 54.1 Å². The lowest BCUT2D eigenvalue weighted by atomic mass is 10.2. The van der Waals surface area contributed by atoms with Crippen molar-refractivity contribution in [1.29, 1.82) is 0 Å². The molecule has 0 aromatic heterocycles. The van der Waals surface area contributed by atoms with Crippen LogP contribution in [-0.4, -0.2) is 23.3 Å². The fourth-order valence-corrected chi connectivity index (χ4v) is 2.78. The minimum atomic E-state index is -1.01. The lowest BCUT2D eigenvalue weighted by Gasteiger charge is -2.10. The fraction of sp³-hybridized carbons (Fsp3) is 0.222. The Labute approximate surface area is 154 Å². The number of para-hydroxylation sites is 1. The molecular formula is C18H15Cl2NO4. The fourth-order valence-electron chi connectivity index (χ4n) is 2.29. The van der Waals surface area contributed by atoms with Gasteiger partial charge in [-0.25, -0.2) is 0 Å². The molecule has 1 aliphatic carbocycles. The van der Waals surface area contributed by atoms with Crippen molar-refractivity contribution in [2.24, 2.45) is 5.92 Å². The third kappa shape index (κ3) is 4.06. The number of nitrogens with one attached hydrogen (secondary N) is 1. The highest BCUT2D eigenvalue weighted by Crippen LogP contribution is 2.53. The summed E-state index contributed by atoms with van der Waals surface area (Å²) in [5, 5.41) is 2.76. The number of hydrogen-bond acceptors (Lipinski definition) is 4. The van der Waals surface area contributed by atoms with E-state index in [1.54, 1.807) is 48.5 Å². The minimum Gasteiger partial charge on any atom is -0.496 e. The molecule has 2 aromatic carbocycles. The van der Waals surface area contributed by atoms with Crippen molar-refractivity contribution < 1.29 is 19.1 Å². The van der Waals surface area contributed by atoms with Gasteiger partial charge in [0.25, 0.3) is 5.91 Å². The molecular weight excluding hydrogens is 365 g/mol. The lowest BCUT2D eigenvalue weighted by Crippen LogP contribution is -2.14. The highest BCUT2D eigenvalue weighted by molar-refractivity contribution is 6.52. The molecule has 1 N–H and O–H groups in total. The first kappa shape index (κ1) is 17.6. The molecule has 1 amide bonds. The van der Waals surface area contributed by atoms with E-state index in [1.807, 2.05) is 0 Å². The summed E-state index contributed by atoms with van der Waals surface area (Å²) in [4.78, 5) is 24.2. The topological polar surface area (TPSA) is 64.6 Å². The molecule has 0 saturated heterocycles. The van der Waals surface area contributed by atoms with Gasteiger partial charge < -0.3 is 14.8 Å². The van der Waals surface area contributed by atoms with Crippen LogP contribution in [0.25, 0.3) is 0 Å². The Bertz CT molecular complexity index is 805. The van der Waals surface area contributed by atoms with E-state index in [-0.39, 0.29) is 5.91 Å². The zero-order chi connectivity index (χ0) is 18.0. The van der Waals surface area contributed by atoms with Crippen LogP contribution in [0.3, 0.4) is 0 Å². The Kier molecular flexibility index (Phi) is 4.88. The number of methoxy groups -OCH3 is 1. The summed E-state index contributed by atoms with van der Waals surface area (Å²) in [6.45, 7) is 0. The maximum atomic E-state index is 12.3. The normalized spacial score (nSPS) is 17.5. The number of carbonyl (C=O) groups is 2. The molecule has 0 aliphatic heterocycles. The summed E-state index contributed by atoms with van der Waals surface area (Å²) >= 11 is 11.7. The van der Waals surface area contributed by atoms with Crippen molar-refractivity contribution in [3.8, 4) is 11.5 Å². The molecule has 0 radical (unpaired) electrons.